The monoisotopic (exact) mass is 488 g/mol. The summed E-state index contributed by atoms with van der Waals surface area (Å²) >= 11 is 0. The van der Waals surface area contributed by atoms with Gasteiger partial charge in [0.15, 0.2) is 5.58 Å². The van der Waals surface area contributed by atoms with Gasteiger partial charge >= 0.3 is 5.97 Å². The molecule has 0 bridgehead atoms. The number of esters is 1. The van der Waals surface area contributed by atoms with Crippen LogP contribution in [0.5, 0.6) is 17.2 Å². The van der Waals surface area contributed by atoms with Crippen LogP contribution in [-0.4, -0.2) is 43.6 Å². The molecule has 0 amide bonds. The fourth-order valence-corrected chi connectivity index (χ4v) is 3.77. The third-order valence-electron chi connectivity index (χ3n) is 5.79. The molecule has 186 valence electrons. The Kier molecular flexibility index (Phi) is 6.70. The number of phenols is 1. The Labute approximate surface area is 209 Å². The largest absolute Gasteiger partial charge is 0.506 e. The van der Waals surface area contributed by atoms with Crippen LogP contribution in [-0.2, 0) is 10.2 Å². The minimum Gasteiger partial charge on any atom is -0.506 e. The zero-order valence-corrected chi connectivity index (χ0v) is 21.1. The van der Waals surface area contributed by atoms with Gasteiger partial charge < -0.3 is 23.7 Å². The van der Waals surface area contributed by atoms with Crippen LogP contribution >= 0.6 is 0 Å². The molecular weight excluding hydrogens is 460 g/mol. The third-order valence-corrected chi connectivity index (χ3v) is 5.79. The summed E-state index contributed by atoms with van der Waals surface area (Å²) in [5.74, 6) is 0.595. The lowest BCUT2D eigenvalue weighted by molar-refractivity contribution is 0.0601. The minimum absolute atomic E-state index is 0.0177. The van der Waals surface area contributed by atoms with Crippen LogP contribution < -0.4 is 9.47 Å². The number of methoxy groups -OCH3 is 3. The number of hydrogen-bond acceptors (Lipinski definition) is 8. The van der Waals surface area contributed by atoms with E-state index >= 15 is 0 Å². The first kappa shape index (κ1) is 24.8. The third kappa shape index (κ3) is 4.75. The van der Waals surface area contributed by atoms with E-state index in [1.807, 2.05) is 18.2 Å². The van der Waals surface area contributed by atoms with Crippen LogP contribution in [0.15, 0.2) is 57.9 Å². The van der Waals surface area contributed by atoms with E-state index in [-0.39, 0.29) is 22.4 Å². The van der Waals surface area contributed by atoms with Gasteiger partial charge in [0.1, 0.15) is 28.5 Å². The molecule has 1 heterocycles. The zero-order valence-electron chi connectivity index (χ0n) is 21.1. The molecule has 0 radical (unpaired) electrons. The van der Waals surface area contributed by atoms with Gasteiger partial charge in [0.2, 0.25) is 5.89 Å². The van der Waals surface area contributed by atoms with Crippen molar-refractivity contribution in [1.29, 1.82) is 0 Å². The van der Waals surface area contributed by atoms with Gasteiger partial charge in [-0.1, -0.05) is 32.9 Å². The molecule has 1 aromatic heterocycles. The van der Waals surface area contributed by atoms with Crippen molar-refractivity contribution in [3.05, 3.63) is 65.2 Å². The highest BCUT2D eigenvalue weighted by Gasteiger charge is 2.20. The topological polar surface area (TPSA) is 103 Å². The molecule has 0 aliphatic carbocycles. The quantitative estimate of drug-likeness (QED) is 0.260. The number of para-hydroxylation sites is 1. The number of aromatic hydroxyl groups is 1. The number of hydrogen-bond donors (Lipinski definition) is 1. The lowest BCUT2D eigenvalue weighted by Crippen LogP contribution is -2.10. The summed E-state index contributed by atoms with van der Waals surface area (Å²) in [6.07, 6.45) is 1.48. The normalized spacial score (nSPS) is 11.7. The van der Waals surface area contributed by atoms with Gasteiger partial charge in [-0.05, 0) is 47.4 Å². The lowest BCUT2D eigenvalue weighted by Gasteiger charge is -2.18. The van der Waals surface area contributed by atoms with Gasteiger partial charge in [0.25, 0.3) is 0 Å². The number of ether oxygens (including phenoxy) is 3. The first-order valence-corrected chi connectivity index (χ1v) is 11.3. The Morgan fingerprint density at radius 2 is 1.78 bits per heavy atom. The van der Waals surface area contributed by atoms with Crippen LogP contribution in [0.25, 0.3) is 22.6 Å². The van der Waals surface area contributed by atoms with Gasteiger partial charge in [0.05, 0.1) is 32.5 Å². The van der Waals surface area contributed by atoms with Crippen molar-refractivity contribution in [3.8, 4) is 28.7 Å². The molecule has 8 nitrogen and oxygen atoms in total. The molecule has 0 aliphatic heterocycles. The second kappa shape index (κ2) is 9.73. The van der Waals surface area contributed by atoms with Crippen LogP contribution in [0.4, 0.5) is 5.69 Å². The molecule has 8 heteroatoms. The summed E-state index contributed by atoms with van der Waals surface area (Å²) in [6.45, 7) is 6.44. The van der Waals surface area contributed by atoms with E-state index in [0.29, 0.717) is 34.1 Å². The fourth-order valence-electron chi connectivity index (χ4n) is 3.77. The standard InChI is InChI=1S/C28H28N2O6/c1-28(2,3)17-10-11-22-20(13-17)30-26(36-22)19-14-23(33-4)16(12-24(19)34-5)15-29-25-18(27(32)35-6)8-7-9-21(25)31/h7-15,31H,1-6H3. The smallest absolute Gasteiger partial charge is 0.340 e. The lowest BCUT2D eigenvalue weighted by atomic mass is 9.87. The zero-order chi connectivity index (χ0) is 26.0. The van der Waals surface area contributed by atoms with Crippen molar-refractivity contribution in [2.24, 2.45) is 4.99 Å². The highest BCUT2D eigenvalue weighted by Crippen LogP contribution is 2.38. The van der Waals surface area contributed by atoms with Crippen molar-refractivity contribution in [1.82, 2.24) is 4.98 Å². The average Bonchev–Trinajstić information content (AvgIpc) is 3.29. The Morgan fingerprint density at radius 1 is 1.03 bits per heavy atom. The van der Waals surface area contributed by atoms with E-state index < -0.39 is 5.97 Å². The van der Waals surface area contributed by atoms with Gasteiger partial charge in [-0.25, -0.2) is 9.78 Å². The second-order valence-corrected chi connectivity index (χ2v) is 9.17. The molecule has 4 aromatic rings. The van der Waals surface area contributed by atoms with Crippen molar-refractivity contribution < 1.29 is 28.5 Å². The SMILES string of the molecule is COC(=O)c1cccc(O)c1N=Cc1cc(OC)c(-c2nc3cc(C(C)(C)C)ccc3o2)cc1OC. The second-order valence-electron chi connectivity index (χ2n) is 9.17. The molecule has 0 saturated heterocycles. The summed E-state index contributed by atoms with van der Waals surface area (Å²) in [6, 6.07) is 14.0. The Morgan fingerprint density at radius 3 is 2.44 bits per heavy atom. The van der Waals surface area contributed by atoms with E-state index in [4.69, 9.17) is 23.6 Å². The van der Waals surface area contributed by atoms with Gasteiger partial charge in [-0.2, -0.15) is 0 Å². The van der Waals surface area contributed by atoms with Crippen LogP contribution in [0.1, 0.15) is 42.3 Å². The molecular formula is C28H28N2O6. The number of carbonyl (C=O) groups is 1. The Bertz CT molecular complexity index is 1460. The van der Waals surface area contributed by atoms with E-state index in [1.165, 1.54) is 32.6 Å². The molecule has 1 N–H and O–H groups in total. The number of aliphatic imine (C=N–C) groups is 1. The van der Waals surface area contributed by atoms with Crippen LogP contribution in [0.3, 0.4) is 0 Å². The maximum Gasteiger partial charge on any atom is 0.340 e. The molecule has 0 atom stereocenters. The predicted molar refractivity (Wildman–Crippen MR) is 138 cm³/mol. The highest BCUT2D eigenvalue weighted by molar-refractivity contribution is 5.98. The maximum absolute atomic E-state index is 12.1. The van der Waals surface area contributed by atoms with Crippen molar-refractivity contribution >= 4 is 29.0 Å². The predicted octanol–water partition coefficient (Wildman–Crippen LogP) is 6.05. The van der Waals surface area contributed by atoms with Crippen LogP contribution in [0, 0.1) is 0 Å². The number of oxazole rings is 1. The number of nitrogens with zero attached hydrogens (tertiary/aromatic N) is 2. The fraction of sp³-hybridized carbons (Fsp3) is 0.250. The number of benzene rings is 3. The van der Waals surface area contributed by atoms with Crippen molar-refractivity contribution in [3.63, 3.8) is 0 Å². The van der Waals surface area contributed by atoms with E-state index in [1.54, 1.807) is 25.3 Å². The summed E-state index contributed by atoms with van der Waals surface area (Å²) in [5.41, 5.74) is 3.94. The first-order chi connectivity index (χ1) is 17.2. The molecule has 36 heavy (non-hydrogen) atoms. The summed E-state index contributed by atoms with van der Waals surface area (Å²) < 4.78 is 22.1. The summed E-state index contributed by atoms with van der Waals surface area (Å²) in [5, 5.41) is 10.3. The van der Waals surface area contributed by atoms with Crippen molar-refractivity contribution in [2.75, 3.05) is 21.3 Å². The Balaban J connectivity index is 1.78. The maximum atomic E-state index is 12.1. The minimum atomic E-state index is -0.608. The van der Waals surface area contributed by atoms with Crippen LogP contribution in [0.2, 0.25) is 0 Å². The van der Waals surface area contributed by atoms with E-state index in [0.717, 1.165) is 11.1 Å². The van der Waals surface area contributed by atoms with Gasteiger partial charge in [0, 0.05) is 11.8 Å². The van der Waals surface area contributed by atoms with Gasteiger partial charge in [-0.15, -0.1) is 0 Å². The van der Waals surface area contributed by atoms with E-state index in [9.17, 15) is 9.90 Å². The molecule has 4 rings (SSSR count). The first-order valence-electron chi connectivity index (χ1n) is 11.3. The number of carbonyl (C=O) groups excluding carboxylic acids is 1. The number of aromatic nitrogens is 1. The molecule has 3 aromatic carbocycles. The molecule has 0 unspecified atom stereocenters. The number of phenolic OH excluding ortho intramolecular Hbond substituents is 1. The molecule has 0 saturated carbocycles. The van der Waals surface area contributed by atoms with Gasteiger partial charge in [-0.3, -0.25) is 4.99 Å². The number of fused-ring (bicyclic) bond motifs is 1. The molecule has 0 fully saturated rings. The summed E-state index contributed by atoms with van der Waals surface area (Å²) in [7, 11) is 4.35. The molecule has 0 spiro atoms. The highest BCUT2D eigenvalue weighted by atomic mass is 16.5. The summed E-state index contributed by atoms with van der Waals surface area (Å²) in [4.78, 5) is 21.1. The molecule has 0 aliphatic rings. The average molecular weight is 489 g/mol. The Hall–Kier alpha value is -4.33. The van der Waals surface area contributed by atoms with Crippen molar-refractivity contribution in [2.45, 2.75) is 26.2 Å². The number of rotatable bonds is 6. The van der Waals surface area contributed by atoms with E-state index in [2.05, 4.69) is 25.8 Å².